The maximum absolute atomic E-state index is 13.2. The van der Waals surface area contributed by atoms with Crippen molar-refractivity contribution in [2.45, 2.75) is 11.3 Å². The van der Waals surface area contributed by atoms with Crippen LogP contribution in [0.25, 0.3) is 0 Å². The number of sulfonamides is 1. The summed E-state index contributed by atoms with van der Waals surface area (Å²) in [5.74, 6) is -0.909. The quantitative estimate of drug-likeness (QED) is 0.413. The molecule has 0 aliphatic carbocycles. The molecule has 3 aromatic rings. The molecule has 0 saturated heterocycles. The van der Waals surface area contributed by atoms with Gasteiger partial charge in [-0.15, -0.1) is 0 Å². The first-order chi connectivity index (χ1) is 15.3. The summed E-state index contributed by atoms with van der Waals surface area (Å²) in [6.07, 6.45) is 0.0311. The van der Waals surface area contributed by atoms with Crippen LogP contribution in [0.15, 0.2) is 83.8 Å². The Bertz CT molecular complexity index is 1190. The number of carbonyl (C=O) groups excluding carboxylic acids is 2. The van der Waals surface area contributed by atoms with Gasteiger partial charge >= 0.3 is 6.03 Å². The van der Waals surface area contributed by atoms with E-state index in [1.807, 2.05) is 6.07 Å². The standard InChI is InChI=1S/C22H21FN4O4S/c23-16-5-4-8-19(15-16)27-32(30,31)20-11-9-18(10-12-20)25-21(28)13-14-24-22(29)26-17-6-2-1-3-7-17/h1-12,15,27H,13-14H2,(H,25,28)(H2,24,26,29). The van der Waals surface area contributed by atoms with Crippen molar-refractivity contribution >= 4 is 39.0 Å². The molecule has 32 heavy (non-hydrogen) atoms. The molecule has 0 atom stereocenters. The molecular weight excluding hydrogens is 435 g/mol. The van der Waals surface area contributed by atoms with Crippen LogP contribution in [0.2, 0.25) is 0 Å². The van der Waals surface area contributed by atoms with E-state index in [2.05, 4.69) is 20.7 Å². The van der Waals surface area contributed by atoms with Gasteiger partial charge < -0.3 is 16.0 Å². The van der Waals surface area contributed by atoms with Gasteiger partial charge in [0.15, 0.2) is 0 Å². The van der Waals surface area contributed by atoms with E-state index >= 15 is 0 Å². The van der Waals surface area contributed by atoms with Crippen LogP contribution in [0.1, 0.15) is 6.42 Å². The van der Waals surface area contributed by atoms with Crippen molar-refractivity contribution in [3.05, 3.63) is 84.7 Å². The maximum Gasteiger partial charge on any atom is 0.319 e. The van der Waals surface area contributed by atoms with Gasteiger partial charge in [0.05, 0.1) is 10.6 Å². The molecule has 0 saturated carbocycles. The molecule has 0 fully saturated rings. The Hall–Kier alpha value is -3.92. The normalized spacial score (nSPS) is 10.8. The zero-order valence-electron chi connectivity index (χ0n) is 16.8. The highest BCUT2D eigenvalue weighted by Gasteiger charge is 2.15. The molecule has 10 heteroatoms. The van der Waals surface area contributed by atoms with Crippen LogP contribution in [0.5, 0.6) is 0 Å². The Kier molecular flexibility index (Phi) is 7.40. The third-order valence-corrected chi connectivity index (χ3v) is 5.59. The lowest BCUT2D eigenvalue weighted by Gasteiger charge is -2.10. The van der Waals surface area contributed by atoms with Crippen LogP contribution < -0.4 is 20.7 Å². The van der Waals surface area contributed by atoms with Gasteiger partial charge in [-0.25, -0.2) is 17.6 Å². The van der Waals surface area contributed by atoms with Gasteiger partial charge in [-0.1, -0.05) is 24.3 Å². The first kappa shape index (κ1) is 22.8. The maximum atomic E-state index is 13.2. The monoisotopic (exact) mass is 456 g/mol. The van der Waals surface area contributed by atoms with Gasteiger partial charge in [-0.2, -0.15) is 0 Å². The smallest absolute Gasteiger partial charge is 0.319 e. The lowest BCUT2D eigenvalue weighted by molar-refractivity contribution is -0.116. The van der Waals surface area contributed by atoms with Gasteiger partial charge in [0.2, 0.25) is 5.91 Å². The predicted octanol–water partition coefficient (Wildman–Crippen LogP) is 3.78. The fraction of sp³-hybridized carbons (Fsp3) is 0.0909. The number of anilines is 3. The summed E-state index contributed by atoms with van der Waals surface area (Å²) in [6, 6.07) is 19.1. The molecule has 166 valence electrons. The molecular formula is C22H21FN4O4S. The van der Waals surface area contributed by atoms with Crippen molar-refractivity contribution in [3.8, 4) is 0 Å². The number of carbonyl (C=O) groups is 2. The van der Waals surface area contributed by atoms with Gasteiger partial charge in [0.25, 0.3) is 10.0 Å². The first-order valence-electron chi connectivity index (χ1n) is 9.60. The van der Waals surface area contributed by atoms with Gasteiger partial charge in [0.1, 0.15) is 5.82 Å². The molecule has 0 aliphatic rings. The second-order valence-electron chi connectivity index (χ2n) is 6.69. The second kappa shape index (κ2) is 10.4. The minimum absolute atomic E-state index is 0.0311. The van der Waals surface area contributed by atoms with Crippen molar-refractivity contribution in [2.24, 2.45) is 0 Å². The highest BCUT2D eigenvalue weighted by Crippen LogP contribution is 2.19. The van der Waals surface area contributed by atoms with Crippen LogP contribution in [0, 0.1) is 5.82 Å². The number of benzene rings is 3. The number of rotatable bonds is 8. The highest BCUT2D eigenvalue weighted by atomic mass is 32.2. The van der Waals surface area contributed by atoms with E-state index in [9.17, 15) is 22.4 Å². The Labute approximate surface area is 184 Å². The van der Waals surface area contributed by atoms with Crippen LogP contribution >= 0.6 is 0 Å². The van der Waals surface area contributed by atoms with E-state index < -0.39 is 21.9 Å². The average molecular weight is 456 g/mol. The molecule has 0 aliphatic heterocycles. The van der Waals surface area contributed by atoms with Gasteiger partial charge in [-0.3, -0.25) is 9.52 Å². The summed E-state index contributed by atoms with van der Waals surface area (Å²) in [5.41, 5.74) is 1.14. The van der Waals surface area contributed by atoms with E-state index in [1.54, 1.807) is 24.3 Å². The summed E-state index contributed by atoms with van der Waals surface area (Å²) in [7, 11) is -3.91. The lowest BCUT2D eigenvalue weighted by atomic mass is 10.3. The Morgan fingerprint density at radius 2 is 1.44 bits per heavy atom. The van der Waals surface area contributed by atoms with Crippen LogP contribution in [-0.2, 0) is 14.8 Å². The van der Waals surface area contributed by atoms with Crippen molar-refractivity contribution in [1.29, 1.82) is 0 Å². The van der Waals surface area contributed by atoms with Crippen LogP contribution in [0.3, 0.4) is 0 Å². The largest absolute Gasteiger partial charge is 0.337 e. The number of nitrogens with one attached hydrogen (secondary N) is 4. The van der Waals surface area contributed by atoms with Crippen molar-refractivity contribution < 1.29 is 22.4 Å². The zero-order valence-corrected chi connectivity index (χ0v) is 17.7. The summed E-state index contributed by atoms with van der Waals surface area (Å²) in [4.78, 5) is 23.8. The third-order valence-electron chi connectivity index (χ3n) is 4.19. The fourth-order valence-electron chi connectivity index (χ4n) is 2.69. The number of hydrogen-bond donors (Lipinski definition) is 4. The van der Waals surface area contributed by atoms with E-state index in [0.29, 0.717) is 11.4 Å². The molecule has 0 aromatic heterocycles. The van der Waals surface area contributed by atoms with Crippen LogP contribution in [0.4, 0.5) is 26.2 Å². The SMILES string of the molecule is O=C(CCNC(=O)Nc1ccccc1)Nc1ccc(S(=O)(=O)Nc2cccc(F)c2)cc1. The van der Waals surface area contributed by atoms with Crippen molar-refractivity contribution in [3.63, 3.8) is 0 Å². The number of urea groups is 1. The average Bonchev–Trinajstić information content (AvgIpc) is 2.74. The number of halogens is 1. The molecule has 3 amide bonds. The fourth-order valence-corrected chi connectivity index (χ4v) is 3.74. The molecule has 8 nitrogen and oxygen atoms in total. The molecule has 0 radical (unpaired) electrons. The minimum atomic E-state index is -3.91. The Morgan fingerprint density at radius 3 is 2.12 bits per heavy atom. The summed E-state index contributed by atoms with van der Waals surface area (Å²) in [6.45, 7) is 0.120. The molecule has 0 bridgehead atoms. The van der Waals surface area contributed by atoms with Crippen molar-refractivity contribution in [2.75, 3.05) is 21.9 Å². The third kappa shape index (κ3) is 6.81. The van der Waals surface area contributed by atoms with Crippen molar-refractivity contribution in [1.82, 2.24) is 5.32 Å². The minimum Gasteiger partial charge on any atom is -0.337 e. The van der Waals surface area contributed by atoms with Gasteiger partial charge in [-0.05, 0) is 54.6 Å². The lowest BCUT2D eigenvalue weighted by Crippen LogP contribution is -2.31. The van der Waals surface area contributed by atoms with Gasteiger partial charge in [0, 0.05) is 24.3 Å². The number of amides is 3. The van der Waals surface area contributed by atoms with E-state index in [-0.39, 0.29) is 29.5 Å². The molecule has 3 aromatic carbocycles. The first-order valence-corrected chi connectivity index (χ1v) is 11.1. The molecule has 4 N–H and O–H groups in total. The zero-order chi connectivity index (χ0) is 23.0. The Morgan fingerprint density at radius 1 is 0.781 bits per heavy atom. The molecule has 0 unspecified atom stereocenters. The summed E-state index contributed by atoms with van der Waals surface area (Å²) in [5, 5.41) is 7.85. The van der Waals surface area contributed by atoms with E-state index in [0.717, 1.165) is 6.07 Å². The number of hydrogen-bond acceptors (Lipinski definition) is 4. The van der Waals surface area contributed by atoms with E-state index in [1.165, 1.54) is 42.5 Å². The molecule has 0 spiro atoms. The predicted molar refractivity (Wildman–Crippen MR) is 120 cm³/mol. The topological polar surface area (TPSA) is 116 Å². The van der Waals surface area contributed by atoms with E-state index in [4.69, 9.17) is 0 Å². The summed E-state index contributed by atoms with van der Waals surface area (Å²) >= 11 is 0. The van der Waals surface area contributed by atoms with Crippen LogP contribution in [-0.4, -0.2) is 26.9 Å². The number of para-hydroxylation sites is 1. The Balaban J connectivity index is 1.47. The highest BCUT2D eigenvalue weighted by molar-refractivity contribution is 7.92. The molecule has 3 rings (SSSR count). The molecule has 0 heterocycles. The summed E-state index contributed by atoms with van der Waals surface area (Å²) < 4.78 is 40.4. The second-order valence-corrected chi connectivity index (χ2v) is 8.37.